The second-order valence-electron chi connectivity index (χ2n) is 5.95. The van der Waals surface area contributed by atoms with E-state index < -0.39 is 11.9 Å². The number of amides is 1. The summed E-state index contributed by atoms with van der Waals surface area (Å²) in [7, 11) is 1.80. The Morgan fingerprint density at radius 2 is 2.04 bits per heavy atom. The number of benzene rings is 1. The molecule has 0 aliphatic heterocycles. The van der Waals surface area contributed by atoms with E-state index in [0.717, 1.165) is 11.2 Å². The van der Waals surface area contributed by atoms with E-state index in [4.69, 9.17) is 9.15 Å². The SMILES string of the molecule is Cc1nn(C)c(C)c1NC(=O)COC(=O)CCc1nc2ccccc2o1. The van der Waals surface area contributed by atoms with Crippen molar-refractivity contribution in [2.24, 2.45) is 7.05 Å². The fraction of sp³-hybridized carbons (Fsp3) is 0.333. The Balaban J connectivity index is 1.47. The summed E-state index contributed by atoms with van der Waals surface area (Å²) in [6.07, 6.45) is 0.404. The van der Waals surface area contributed by atoms with Gasteiger partial charge >= 0.3 is 5.97 Å². The van der Waals surface area contributed by atoms with Crippen molar-refractivity contribution in [2.45, 2.75) is 26.7 Å². The summed E-state index contributed by atoms with van der Waals surface area (Å²) in [6, 6.07) is 7.38. The van der Waals surface area contributed by atoms with Crippen molar-refractivity contribution < 1.29 is 18.7 Å². The summed E-state index contributed by atoms with van der Waals surface area (Å²) in [6.45, 7) is 3.30. The number of hydrogen-bond donors (Lipinski definition) is 1. The number of hydrogen-bond acceptors (Lipinski definition) is 6. The molecule has 1 aromatic carbocycles. The van der Waals surface area contributed by atoms with E-state index in [9.17, 15) is 9.59 Å². The maximum atomic E-state index is 12.0. The Morgan fingerprint density at radius 1 is 1.27 bits per heavy atom. The van der Waals surface area contributed by atoms with Crippen molar-refractivity contribution in [3.05, 3.63) is 41.5 Å². The number of ether oxygens (including phenoxy) is 1. The molecule has 1 N–H and O–H groups in total. The molecular formula is C18H20N4O4. The van der Waals surface area contributed by atoms with Gasteiger partial charge in [0.15, 0.2) is 18.1 Å². The molecule has 8 heteroatoms. The fourth-order valence-electron chi connectivity index (χ4n) is 2.58. The first-order chi connectivity index (χ1) is 12.4. The lowest BCUT2D eigenvalue weighted by molar-refractivity contribution is -0.147. The highest BCUT2D eigenvalue weighted by Crippen LogP contribution is 2.18. The molecule has 2 heterocycles. The Kier molecular flexibility index (Phi) is 5.01. The van der Waals surface area contributed by atoms with Gasteiger partial charge in [-0.15, -0.1) is 0 Å². The van der Waals surface area contributed by atoms with Crippen molar-refractivity contribution in [1.29, 1.82) is 0 Å². The van der Waals surface area contributed by atoms with Gasteiger partial charge in [-0.3, -0.25) is 14.3 Å². The van der Waals surface area contributed by atoms with Crippen LogP contribution in [0.4, 0.5) is 5.69 Å². The highest BCUT2D eigenvalue weighted by Gasteiger charge is 2.15. The molecule has 0 fully saturated rings. The lowest BCUT2D eigenvalue weighted by Crippen LogP contribution is -2.21. The number of aryl methyl sites for hydroxylation is 3. The fourth-order valence-corrected chi connectivity index (χ4v) is 2.58. The number of aromatic nitrogens is 3. The van der Waals surface area contributed by atoms with Gasteiger partial charge in [-0.05, 0) is 26.0 Å². The summed E-state index contributed by atoms with van der Waals surface area (Å²) in [5.41, 5.74) is 3.61. The van der Waals surface area contributed by atoms with Crippen LogP contribution in [0.3, 0.4) is 0 Å². The molecule has 0 aliphatic carbocycles. The van der Waals surface area contributed by atoms with Gasteiger partial charge in [0.2, 0.25) is 0 Å². The van der Waals surface area contributed by atoms with Crippen molar-refractivity contribution >= 4 is 28.7 Å². The molecule has 0 saturated carbocycles. The zero-order valence-corrected chi connectivity index (χ0v) is 14.9. The number of rotatable bonds is 6. The molecule has 26 heavy (non-hydrogen) atoms. The van der Waals surface area contributed by atoms with Crippen LogP contribution in [0, 0.1) is 13.8 Å². The van der Waals surface area contributed by atoms with Gasteiger partial charge < -0.3 is 14.5 Å². The van der Waals surface area contributed by atoms with Gasteiger partial charge in [0, 0.05) is 13.5 Å². The normalized spacial score (nSPS) is 10.9. The first kappa shape index (κ1) is 17.7. The average molecular weight is 356 g/mol. The molecular weight excluding hydrogens is 336 g/mol. The van der Waals surface area contributed by atoms with E-state index in [2.05, 4.69) is 15.4 Å². The number of carbonyl (C=O) groups is 2. The second-order valence-corrected chi connectivity index (χ2v) is 5.95. The number of carbonyl (C=O) groups excluding carboxylic acids is 2. The van der Waals surface area contributed by atoms with Crippen molar-refractivity contribution in [3.8, 4) is 0 Å². The van der Waals surface area contributed by atoms with Gasteiger partial charge in [0.1, 0.15) is 5.52 Å². The van der Waals surface area contributed by atoms with Crippen LogP contribution in [-0.2, 0) is 27.8 Å². The molecule has 0 aliphatic rings. The van der Waals surface area contributed by atoms with Crippen LogP contribution in [0.25, 0.3) is 11.1 Å². The number of esters is 1. The van der Waals surface area contributed by atoms with Crippen LogP contribution in [-0.4, -0.2) is 33.2 Å². The number of fused-ring (bicyclic) bond motifs is 1. The molecule has 136 valence electrons. The summed E-state index contributed by atoms with van der Waals surface area (Å²) < 4.78 is 12.2. The molecule has 8 nitrogen and oxygen atoms in total. The predicted molar refractivity (Wildman–Crippen MR) is 94.6 cm³/mol. The molecule has 1 amide bonds. The Labute approximate surface area is 150 Å². The van der Waals surface area contributed by atoms with Crippen molar-refractivity contribution in [1.82, 2.24) is 14.8 Å². The number of anilines is 1. The van der Waals surface area contributed by atoms with Gasteiger partial charge in [-0.25, -0.2) is 4.98 Å². The number of nitrogens with one attached hydrogen (secondary N) is 1. The first-order valence-electron chi connectivity index (χ1n) is 8.24. The molecule has 3 rings (SSSR count). The lowest BCUT2D eigenvalue weighted by Gasteiger charge is -2.06. The van der Waals surface area contributed by atoms with Crippen LogP contribution in [0.2, 0.25) is 0 Å². The average Bonchev–Trinajstić information content (AvgIpc) is 3.14. The topological polar surface area (TPSA) is 99.2 Å². The Hall–Kier alpha value is -3.16. The van der Waals surface area contributed by atoms with Crippen molar-refractivity contribution in [2.75, 3.05) is 11.9 Å². The Bertz CT molecular complexity index is 924. The number of para-hydroxylation sites is 2. The quantitative estimate of drug-likeness (QED) is 0.680. The van der Waals surface area contributed by atoms with Crippen LogP contribution in [0.5, 0.6) is 0 Å². The molecule has 0 atom stereocenters. The first-order valence-corrected chi connectivity index (χ1v) is 8.24. The minimum absolute atomic E-state index is 0.0883. The van der Waals surface area contributed by atoms with E-state index in [0.29, 0.717) is 29.3 Å². The Morgan fingerprint density at radius 3 is 2.73 bits per heavy atom. The van der Waals surface area contributed by atoms with Gasteiger partial charge in [-0.2, -0.15) is 5.10 Å². The molecule has 2 aromatic heterocycles. The summed E-state index contributed by atoms with van der Waals surface area (Å²) in [4.78, 5) is 28.1. The molecule has 3 aromatic rings. The maximum absolute atomic E-state index is 12.0. The minimum atomic E-state index is -0.484. The smallest absolute Gasteiger partial charge is 0.306 e. The summed E-state index contributed by atoms with van der Waals surface area (Å²) >= 11 is 0. The third-order valence-corrected chi connectivity index (χ3v) is 4.02. The van der Waals surface area contributed by atoms with E-state index >= 15 is 0 Å². The maximum Gasteiger partial charge on any atom is 0.306 e. The third-order valence-electron chi connectivity index (χ3n) is 4.02. The van der Waals surface area contributed by atoms with Crippen LogP contribution < -0.4 is 5.32 Å². The van der Waals surface area contributed by atoms with Gasteiger partial charge in [0.05, 0.1) is 23.5 Å². The predicted octanol–water partition coefficient (Wildman–Crippen LogP) is 2.29. The molecule has 0 bridgehead atoms. The second kappa shape index (κ2) is 7.38. The number of oxazole rings is 1. The zero-order chi connectivity index (χ0) is 18.7. The van der Waals surface area contributed by atoms with Crippen LogP contribution in [0.15, 0.2) is 28.7 Å². The molecule has 0 radical (unpaired) electrons. The summed E-state index contributed by atoms with van der Waals surface area (Å²) in [5.74, 6) is -0.421. The van der Waals surface area contributed by atoms with E-state index in [1.165, 1.54) is 0 Å². The van der Waals surface area contributed by atoms with Gasteiger partial charge in [0.25, 0.3) is 5.91 Å². The van der Waals surface area contributed by atoms with Crippen LogP contribution in [0.1, 0.15) is 23.7 Å². The van der Waals surface area contributed by atoms with E-state index in [-0.39, 0.29) is 13.0 Å². The minimum Gasteiger partial charge on any atom is -0.456 e. The zero-order valence-electron chi connectivity index (χ0n) is 14.9. The lowest BCUT2D eigenvalue weighted by atomic mass is 10.3. The highest BCUT2D eigenvalue weighted by atomic mass is 16.5. The number of nitrogens with zero attached hydrogens (tertiary/aromatic N) is 3. The largest absolute Gasteiger partial charge is 0.456 e. The standard InChI is InChI=1S/C18H20N4O4/c1-11-18(12(2)22(3)21-11)20-15(23)10-25-17(24)9-8-16-19-13-6-4-5-7-14(13)26-16/h4-7H,8-10H2,1-3H3,(H,20,23). The van der Waals surface area contributed by atoms with E-state index in [1.807, 2.05) is 31.2 Å². The van der Waals surface area contributed by atoms with Crippen LogP contribution >= 0.6 is 0 Å². The molecule has 0 saturated heterocycles. The molecule has 0 unspecified atom stereocenters. The third kappa shape index (κ3) is 3.90. The van der Waals surface area contributed by atoms with Gasteiger partial charge in [-0.1, -0.05) is 12.1 Å². The van der Waals surface area contributed by atoms with E-state index in [1.54, 1.807) is 18.7 Å². The van der Waals surface area contributed by atoms with Crippen molar-refractivity contribution in [3.63, 3.8) is 0 Å². The highest BCUT2D eigenvalue weighted by molar-refractivity contribution is 5.93. The monoisotopic (exact) mass is 356 g/mol. The summed E-state index contributed by atoms with van der Waals surface area (Å²) in [5, 5.41) is 6.93. The molecule has 0 spiro atoms.